The Morgan fingerprint density at radius 2 is 1.94 bits per heavy atom. The molecule has 174 valence electrons. The smallest absolute Gasteiger partial charge is 0.229 e. The first-order valence-corrected chi connectivity index (χ1v) is 12.6. The third kappa shape index (κ3) is 6.92. The van der Waals surface area contributed by atoms with Gasteiger partial charge >= 0.3 is 0 Å². The topological polar surface area (TPSA) is 138 Å². The van der Waals surface area contributed by atoms with Crippen LogP contribution in [0.4, 0.5) is 17.6 Å². The Morgan fingerprint density at radius 1 is 1.19 bits per heavy atom. The van der Waals surface area contributed by atoms with E-state index in [9.17, 15) is 13.2 Å². The number of anilines is 3. The van der Waals surface area contributed by atoms with Crippen molar-refractivity contribution in [3.05, 3.63) is 34.6 Å². The molecule has 1 heterocycles. The lowest BCUT2D eigenvalue weighted by Crippen LogP contribution is -2.37. The molecule has 0 radical (unpaired) electrons. The van der Waals surface area contributed by atoms with Gasteiger partial charge in [0, 0.05) is 36.3 Å². The van der Waals surface area contributed by atoms with Crippen molar-refractivity contribution >= 4 is 45.1 Å². The number of halogens is 1. The van der Waals surface area contributed by atoms with Gasteiger partial charge in [0.05, 0.1) is 6.26 Å². The largest absolute Gasteiger partial charge is 0.357 e. The summed E-state index contributed by atoms with van der Waals surface area (Å²) < 4.78 is 25.1. The molecular weight excluding hydrogens is 454 g/mol. The number of carbonyl (C=O) groups excluding carboxylic acids is 1. The molecule has 1 amide bonds. The first-order chi connectivity index (χ1) is 15.1. The standard InChI is InChI=1S/C20H28ClN7O3S/c1-12-24-19(22-2)27-20(25-12)26-15-6-4-5-13(9-15)18(29)23-11-14-7-8-16(10-17(14)21)28-32(3,30)31/h7-8,10,13,15,28H,4-6,9,11H2,1-3H3,(H,23,29)(H2,22,24,25,26,27)/t13-,15+/m0/s1. The van der Waals surface area contributed by atoms with E-state index in [0.29, 0.717) is 40.4 Å². The highest BCUT2D eigenvalue weighted by Gasteiger charge is 2.27. The third-order valence-corrected chi connectivity index (χ3v) is 6.12. The maximum atomic E-state index is 12.8. The van der Waals surface area contributed by atoms with E-state index in [2.05, 4.69) is 35.6 Å². The highest BCUT2D eigenvalue weighted by molar-refractivity contribution is 7.92. The minimum absolute atomic E-state index is 0.0337. The minimum atomic E-state index is -3.38. The van der Waals surface area contributed by atoms with E-state index in [1.54, 1.807) is 26.1 Å². The molecule has 1 aromatic heterocycles. The van der Waals surface area contributed by atoms with Crippen LogP contribution in [0.1, 0.15) is 37.1 Å². The van der Waals surface area contributed by atoms with Crippen molar-refractivity contribution in [2.75, 3.05) is 28.7 Å². The summed E-state index contributed by atoms with van der Waals surface area (Å²) in [5, 5.41) is 9.57. The summed E-state index contributed by atoms with van der Waals surface area (Å²) >= 11 is 6.26. The van der Waals surface area contributed by atoms with E-state index >= 15 is 0 Å². The molecule has 0 unspecified atom stereocenters. The molecule has 3 rings (SSSR count). The molecule has 0 spiro atoms. The molecule has 1 aromatic carbocycles. The van der Waals surface area contributed by atoms with Crippen LogP contribution in [-0.4, -0.2) is 48.6 Å². The Morgan fingerprint density at radius 3 is 2.62 bits per heavy atom. The maximum Gasteiger partial charge on any atom is 0.229 e. The fourth-order valence-corrected chi connectivity index (χ4v) is 4.50. The predicted octanol–water partition coefficient (Wildman–Crippen LogP) is 2.53. The van der Waals surface area contributed by atoms with Gasteiger partial charge < -0.3 is 16.0 Å². The van der Waals surface area contributed by atoms with Crippen molar-refractivity contribution in [3.63, 3.8) is 0 Å². The number of aryl methyl sites for hydroxylation is 1. The van der Waals surface area contributed by atoms with Gasteiger partial charge in [0.15, 0.2) is 0 Å². The number of carbonyl (C=O) groups is 1. The maximum absolute atomic E-state index is 12.8. The molecule has 1 aliphatic carbocycles. The van der Waals surface area contributed by atoms with Crippen molar-refractivity contribution in [1.29, 1.82) is 0 Å². The van der Waals surface area contributed by atoms with Gasteiger partial charge in [-0.2, -0.15) is 15.0 Å². The Bertz CT molecular complexity index is 1080. The number of hydrogen-bond acceptors (Lipinski definition) is 8. The van der Waals surface area contributed by atoms with Crippen LogP contribution in [-0.2, 0) is 21.4 Å². The number of sulfonamides is 1. The van der Waals surface area contributed by atoms with Crippen LogP contribution >= 0.6 is 11.6 Å². The SMILES string of the molecule is CNc1nc(C)nc(N[C@@H]2CCC[C@H](C(=O)NCc3ccc(NS(C)(=O)=O)cc3Cl)C2)n1. The fraction of sp³-hybridized carbons (Fsp3) is 0.500. The summed E-state index contributed by atoms with van der Waals surface area (Å²) in [7, 11) is -1.63. The molecule has 1 aliphatic rings. The number of nitrogens with zero attached hydrogens (tertiary/aromatic N) is 3. The first kappa shape index (κ1) is 24.0. The number of amides is 1. The number of benzene rings is 1. The van der Waals surface area contributed by atoms with E-state index in [1.807, 2.05) is 0 Å². The highest BCUT2D eigenvalue weighted by atomic mass is 35.5. The number of aromatic nitrogens is 3. The normalized spacial score (nSPS) is 18.6. The van der Waals surface area contributed by atoms with Crippen LogP contribution in [0.2, 0.25) is 5.02 Å². The molecule has 2 atom stereocenters. The van der Waals surface area contributed by atoms with Gasteiger partial charge in [-0.05, 0) is 43.9 Å². The average Bonchev–Trinajstić information content (AvgIpc) is 2.71. The van der Waals surface area contributed by atoms with Crippen LogP contribution in [0.25, 0.3) is 0 Å². The summed E-state index contributed by atoms with van der Waals surface area (Å²) in [6.07, 6.45) is 4.42. The van der Waals surface area contributed by atoms with Gasteiger partial charge in [-0.25, -0.2) is 8.42 Å². The van der Waals surface area contributed by atoms with Gasteiger partial charge in [0.1, 0.15) is 5.82 Å². The molecule has 0 saturated heterocycles. The average molecular weight is 482 g/mol. The van der Waals surface area contributed by atoms with E-state index in [1.165, 1.54) is 6.07 Å². The predicted molar refractivity (Wildman–Crippen MR) is 125 cm³/mol. The van der Waals surface area contributed by atoms with Crippen molar-refractivity contribution < 1.29 is 13.2 Å². The van der Waals surface area contributed by atoms with Gasteiger partial charge in [-0.15, -0.1) is 0 Å². The Kier molecular flexibility index (Phi) is 7.73. The summed E-state index contributed by atoms with van der Waals surface area (Å²) in [5.74, 6) is 1.46. The van der Waals surface area contributed by atoms with Crippen molar-refractivity contribution in [1.82, 2.24) is 20.3 Å². The molecule has 2 aromatic rings. The van der Waals surface area contributed by atoms with E-state index in [0.717, 1.165) is 25.5 Å². The van der Waals surface area contributed by atoms with Crippen molar-refractivity contribution in [2.24, 2.45) is 5.92 Å². The summed E-state index contributed by atoms with van der Waals surface area (Å²) in [4.78, 5) is 25.6. The number of nitrogens with one attached hydrogen (secondary N) is 4. The van der Waals surface area contributed by atoms with Gasteiger partial charge in [0.2, 0.25) is 27.8 Å². The molecule has 1 saturated carbocycles. The molecule has 12 heteroatoms. The quantitative estimate of drug-likeness (QED) is 0.451. The first-order valence-electron chi connectivity index (χ1n) is 10.3. The van der Waals surface area contributed by atoms with E-state index in [4.69, 9.17) is 11.6 Å². The summed E-state index contributed by atoms with van der Waals surface area (Å²) in [6.45, 7) is 2.07. The van der Waals surface area contributed by atoms with E-state index in [-0.39, 0.29) is 24.4 Å². The van der Waals surface area contributed by atoms with Crippen LogP contribution in [0.15, 0.2) is 18.2 Å². The molecule has 32 heavy (non-hydrogen) atoms. The Balaban J connectivity index is 1.56. The molecule has 0 bridgehead atoms. The zero-order valence-corrected chi connectivity index (χ0v) is 19.8. The van der Waals surface area contributed by atoms with Gasteiger partial charge in [-0.1, -0.05) is 24.1 Å². The fourth-order valence-electron chi connectivity index (χ4n) is 3.69. The lowest BCUT2D eigenvalue weighted by Gasteiger charge is -2.29. The second kappa shape index (κ2) is 10.3. The number of hydrogen-bond donors (Lipinski definition) is 4. The molecular formula is C20H28ClN7O3S. The summed E-state index contributed by atoms with van der Waals surface area (Å²) in [6, 6.07) is 4.94. The second-order valence-electron chi connectivity index (χ2n) is 7.88. The molecule has 4 N–H and O–H groups in total. The van der Waals surface area contributed by atoms with Crippen molar-refractivity contribution in [3.8, 4) is 0 Å². The zero-order chi connectivity index (χ0) is 23.3. The zero-order valence-electron chi connectivity index (χ0n) is 18.3. The van der Waals surface area contributed by atoms with E-state index < -0.39 is 10.0 Å². The Hall–Kier alpha value is -2.66. The van der Waals surface area contributed by atoms with Crippen LogP contribution in [0.3, 0.4) is 0 Å². The second-order valence-corrected chi connectivity index (χ2v) is 10.0. The molecule has 0 aliphatic heterocycles. The lowest BCUT2D eigenvalue weighted by atomic mass is 9.85. The minimum Gasteiger partial charge on any atom is -0.357 e. The number of rotatable bonds is 8. The monoisotopic (exact) mass is 481 g/mol. The van der Waals surface area contributed by atoms with Gasteiger partial charge in [-0.3, -0.25) is 9.52 Å². The van der Waals surface area contributed by atoms with Crippen LogP contribution < -0.4 is 20.7 Å². The molecule has 10 nitrogen and oxygen atoms in total. The third-order valence-electron chi connectivity index (χ3n) is 5.16. The Labute approximate surface area is 193 Å². The van der Waals surface area contributed by atoms with Gasteiger partial charge in [0.25, 0.3) is 0 Å². The van der Waals surface area contributed by atoms with Crippen LogP contribution in [0, 0.1) is 12.8 Å². The summed E-state index contributed by atoms with van der Waals surface area (Å²) in [5.41, 5.74) is 1.09. The van der Waals surface area contributed by atoms with Crippen molar-refractivity contribution in [2.45, 2.75) is 45.2 Å². The highest BCUT2D eigenvalue weighted by Crippen LogP contribution is 2.27. The molecule has 1 fully saturated rings. The lowest BCUT2D eigenvalue weighted by molar-refractivity contribution is -0.126. The van der Waals surface area contributed by atoms with Crippen LogP contribution in [0.5, 0.6) is 0 Å².